The molecule has 0 spiro atoms. The summed E-state index contributed by atoms with van der Waals surface area (Å²) in [6.45, 7) is 0.374. The Morgan fingerprint density at radius 2 is 2.08 bits per heavy atom. The number of nitrogens with zero attached hydrogens (tertiary/aromatic N) is 3. The van der Waals surface area contributed by atoms with Gasteiger partial charge < -0.3 is 4.42 Å². The van der Waals surface area contributed by atoms with Gasteiger partial charge >= 0.3 is 0 Å². The van der Waals surface area contributed by atoms with Gasteiger partial charge in [0.15, 0.2) is 0 Å². The predicted octanol–water partition coefficient (Wildman–Crippen LogP) is 4.38. The molecule has 7 heteroatoms. The van der Waals surface area contributed by atoms with Crippen LogP contribution in [0.15, 0.2) is 62.0 Å². The van der Waals surface area contributed by atoms with Crippen LogP contribution in [0.1, 0.15) is 5.69 Å². The van der Waals surface area contributed by atoms with E-state index in [-0.39, 0.29) is 11.1 Å². The molecule has 0 saturated carbocycles. The summed E-state index contributed by atoms with van der Waals surface area (Å²) in [5.74, 6) is 0. The second kappa shape index (κ2) is 5.65. The Morgan fingerprint density at radius 1 is 1.16 bits per heavy atom. The highest BCUT2D eigenvalue weighted by molar-refractivity contribution is 7.14. The second-order valence-corrected chi connectivity index (χ2v) is 7.25. The van der Waals surface area contributed by atoms with E-state index in [1.165, 1.54) is 4.57 Å². The first-order chi connectivity index (χ1) is 12.3. The number of aromatic nitrogens is 3. The van der Waals surface area contributed by atoms with Gasteiger partial charge in [-0.3, -0.25) is 9.36 Å². The second-order valence-electron chi connectivity index (χ2n) is 5.61. The molecule has 0 aliphatic carbocycles. The molecule has 0 saturated heterocycles. The molecule has 5 nitrogen and oxygen atoms in total. The van der Waals surface area contributed by atoms with E-state index >= 15 is 0 Å². The number of furan rings is 1. The Labute approximate surface area is 149 Å². The van der Waals surface area contributed by atoms with Crippen LogP contribution in [-0.4, -0.2) is 14.5 Å². The van der Waals surface area contributed by atoms with Crippen LogP contribution in [0, 0.1) is 0 Å². The van der Waals surface area contributed by atoms with E-state index in [9.17, 15) is 4.79 Å². The number of para-hydroxylation sites is 1. The molecule has 5 aromatic rings. The standard InChI is InChI=1S/C18H11N3O2S2/c22-18-16-15(13-3-1-2-4-14(13)23-16)19-10-21(18)7-12-9-25-17(20-12)11-5-6-24-8-11/h1-6,8-10H,7H2. The zero-order chi connectivity index (χ0) is 16.8. The van der Waals surface area contributed by atoms with Crippen molar-refractivity contribution in [3.63, 3.8) is 0 Å². The summed E-state index contributed by atoms with van der Waals surface area (Å²) in [6.07, 6.45) is 1.57. The van der Waals surface area contributed by atoms with Crippen LogP contribution in [0.5, 0.6) is 0 Å². The number of rotatable bonds is 3. The summed E-state index contributed by atoms with van der Waals surface area (Å²) in [4.78, 5) is 21.8. The molecule has 0 radical (unpaired) electrons. The van der Waals surface area contributed by atoms with Crippen LogP contribution in [0.4, 0.5) is 0 Å². The summed E-state index contributed by atoms with van der Waals surface area (Å²) in [5, 5.41) is 7.89. The van der Waals surface area contributed by atoms with Gasteiger partial charge in [-0.2, -0.15) is 11.3 Å². The zero-order valence-corrected chi connectivity index (χ0v) is 14.5. The SMILES string of the molecule is O=c1c2oc3ccccc3c2ncn1Cc1csc(-c2ccsc2)n1. The largest absolute Gasteiger partial charge is 0.448 e. The van der Waals surface area contributed by atoms with Crippen molar-refractivity contribution in [3.05, 3.63) is 68.8 Å². The quantitative estimate of drug-likeness (QED) is 0.476. The van der Waals surface area contributed by atoms with Crippen molar-refractivity contribution in [1.82, 2.24) is 14.5 Å². The Morgan fingerprint density at radius 3 is 2.96 bits per heavy atom. The maximum atomic E-state index is 12.7. The van der Waals surface area contributed by atoms with Gasteiger partial charge in [0, 0.05) is 21.7 Å². The summed E-state index contributed by atoms with van der Waals surface area (Å²) < 4.78 is 7.25. The van der Waals surface area contributed by atoms with Gasteiger partial charge in [-0.25, -0.2) is 9.97 Å². The Balaban J connectivity index is 1.56. The minimum atomic E-state index is -0.189. The maximum Gasteiger partial charge on any atom is 0.297 e. The average molecular weight is 365 g/mol. The van der Waals surface area contributed by atoms with Crippen molar-refractivity contribution < 1.29 is 4.42 Å². The van der Waals surface area contributed by atoms with E-state index in [0.29, 0.717) is 17.6 Å². The number of hydrogen-bond donors (Lipinski definition) is 0. The third-order valence-electron chi connectivity index (χ3n) is 4.00. The lowest BCUT2D eigenvalue weighted by Crippen LogP contribution is -2.20. The number of fused-ring (bicyclic) bond motifs is 3. The van der Waals surface area contributed by atoms with Gasteiger partial charge in [0.05, 0.1) is 18.6 Å². The lowest BCUT2D eigenvalue weighted by atomic mass is 10.2. The van der Waals surface area contributed by atoms with Gasteiger partial charge in [-0.1, -0.05) is 12.1 Å². The van der Waals surface area contributed by atoms with Crippen LogP contribution in [0.3, 0.4) is 0 Å². The van der Waals surface area contributed by atoms with Crippen molar-refractivity contribution in [2.75, 3.05) is 0 Å². The van der Waals surface area contributed by atoms with Gasteiger partial charge in [-0.05, 0) is 23.6 Å². The number of thiazole rings is 1. The molecule has 1 aromatic carbocycles. The molecule has 0 unspecified atom stereocenters. The zero-order valence-electron chi connectivity index (χ0n) is 12.9. The van der Waals surface area contributed by atoms with E-state index in [2.05, 4.69) is 15.3 Å². The molecule has 4 heterocycles. The first-order valence-electron chi connectivity index (χ1n) is 7.63. The fourth-order valence-corrected chi connectivity index (χ4v) is 4.32. The van der Waals surface area contributed by atoms with Crippen LogP contribution in [0.2, 0.25) is 0 Å². The van der Waals surface area contributed by atoms with E-state index in [1.54, 1.807) is 29.0 Å². The van der Waals surface area contributed by atoms with Crippen LogP contribution >= 0.6 is 22.7 Å². The minimum Gasteiger partial charge on any atom is -0.448 e. The van der Waals surface area contributed by atoms with Crippen molar-refractivity contribution in [2.45, 2.75) is 6.54 Å². The summed E-state index contributed by atoms with van der Waals surface area (Å²) in [5.41, 5.74) is 3.33. The number of hydrogen-bond acceptors (Lipinski definition) is 6. The van der Waals surface area contributed by atoms with Crippen molar-refractivity contribution in [2.24, 2.45) is 0 Å². The maximum absolute atomic E-state index is 12.7. The average Bonchev–Trinajstić information content (AvgIpc) is 3.36. The summed E-state index contributed by atoms with van der Waals surface area (Å²) in [6, 6.07) is 9.58. The fraction of sp³-hybridized carbons (Fsp3) is 0.0556. The monoisotopic (exact) mass is 365 g/mol. The predicted molar refractivity (Wildman–Crippen MR) is 100 cm³/mol. The number of benzene rings is 1. The first kappa shape index (κ1) is 14.6. The normalized spacial score (nSPS) is 11.5. The van der Waals surface area contributed by atoms with E-state index < -0.39 is 0 Å². The minimum absolute atomic E-state index is 0.189. The fourth-order valence-electron chi connectivity index (χ4n) is 2.80. The van der Waals surface area contributed by atoms with Crippen LogP contribution in [0.25, 0.3) is 32.6 Å². The lowest BCUT2D eigenvalue weighted by Gasteiger charge is -2.01. The third kappa shape index (κ3) is 2.40. The molecule has 122 valence electrons. The molecule has 0 bridgehead atoms. The van der Waals surface area contributed by atoms with Gasteiger partial charge in [-0.15, -0.1) is 11.3 Å². The van der Waals surface area contributed by atoms with Crippen molar-refractivity contribution >= 4 is 44.7 Å². The van der Waals surface area contributed by atoms with E-state index in [4.69, 9.17) is 4.42 Å². The summed E-state index contributed by atoms with van der Waals surface area (Å²) in [7, 11) is 0. The molecule has 25 heavy (non-hydrogen) atoms. The van der Waals surface area contributed by atoms with Crippen molar-refractivity contribution in [3.8, 4) is 10.6 Å². The molecular weight excluding hydrogens is 354 g/mol. The molecule has 0 aliphatic heterocycles. The Kier molecular flexibility index (Phi) is 3.29. The highest BCUT2D eigenvalue weighted by Crippen LogP contribution is 2.26. The topological polar surface area (TPSA) is 60.9 Å². The molecule has 0 atom stereocenters. The Hall–Kier alpha value is -2.77. The molecule has 5 rings (SSSR count). The number of thiophene rings is 1. The highest BCUT2D eigenvalue weighted by atomic mass is 32.1. The third-order valence-corrected chi connectivity index (χ3v) is 5.63. The molecule has 0 N–H and O–H groups in total. The molecule has 0 fully saturated rings. The van der Waals surface area contributed by atoms with Crippen LogP contribution < -0.4 is 5.56 Å². The van der Waals surface area contributed by atoms with E-state index in [0.717, 1.165) is 21.7 Å². The van der Waals surface area contributed by atoms with Gasteiger partial charge in [0.25, 0.3) is 5.56 Å². The lowest BCUT2D eigenvalue weighted by molar-refractivity contribution is 0.641. The highest BCUT2D eigenvalue weighted by Gasteiger charge is 2.14. The first-order valence-corrected chi connectivity index (χ1v) is 9.45. The molecular formula is C18H11N3O2S2. The smallest absolute Gasteiger partial charge is 0.297 e. The van der Waals surface area contributed by atoms with E-state index in [1.807, 2.05) is 41.1 Å². The van der Waals surface area contributed by atoms with Gasteiger partial charge in [0.1, 0.15) is 16.1 Å². The van der Waals surface area contributed by atoms with Crippen molar-refractivity contribution in [1.29, 1.82) is 0 Å². The Bertz CT molecular complexity index is 1250. The molecule has 4 aromatic heterocycles. The molecule has 0 aliphatic rings. The van der Waals surface area contributed by atoms with Gasteiger partial charge in [0.2, 0.25) is 5.58 Å². The molecule has 0 amide bonds. The van der Waals surface area contributed by atoms with Crippen LogP contribution in [-0.2, 0) is 6.54 Å². The summed E-state index contributed by atoms with van der Waals surface area (Å²) >= 11 is 3.22.